The number of tetrazole rings is 1. The van der Waals surface area contributed by atoms with Gasteiger partial charge in [-0.05, 0) is 21.6 Å². The second-order valence-corrected chi connectivity index (χ2v) is 7.51. The fourth-order valence-corrected chi connectivity index (χ4v) is 4.12. The highest BCUT2D eigenvalue weighted by atomic mass is 15.5. The van der Waals surface area contributed by atoms with Crippen LogP contribution >= 0.6 is 0 Å². The first kappa shape index (κ1) is 16.9. The molecule has 1 aromatic heterocycles. The molecule has 2 aromatic carbocycles. The molecule has 1 aliphatic heterocycles. The van der Waals surface area contributed by atoms with Crippen LogP contribution in [-0.4, -0.2) is 26.8 Å². The minimum absolute atomic E-state index is 0.294. The van der Waals surface area contributed by atoms with Gasteiger partial charge in [-0.2, -0.15) is 0 Å². The Bertz CT molecular complexity index is 856. The number of quaternary nitrogens is 1. The predicted molar refractivity (Wildman–Crippen MR) is 101 cm³/mol. The normalized spacial score (nSPS) is 17.9. The van der Waals surface area contributed by atoms with Gasteiger partial charge in [-0.15, -0.1) is 5.10 Å². The summed E-state index contributed by atoms with van der Waals surface area (Å²) in [6.45, 7) is 7.44. The third-order valence-corrected chi connectivity index (χ3v) is 5.37. The van der Waals surface area contributed by atoms with E-state index in [0.717, 1.165) is 31.9 Å². The number of fused-ring (bicyclic) bond motifs is 1. The van der Waals surface area contributed by atoms with Crippen molar-refractivity contribution in [3.63, 3.8) is 0 Å². The van der Waals surface area contributed by atoms with Crippen molar-refractivity contribution in [1.29, 1.82) is 0 Å². The molecule has 1 aliphatic rings. The zero-order valence-electron chi connectivity index (χ0n) is 15.5. The molecule has 4 rings (SSSR count). The standard InChI is InChI=1S/C21H25N5/c1-16(2)20(25-13-12-18-10-6-7-11-19(18)15-25)21-22-23-24-26(21)14-17-8-4-3-5-9-17/h3-11,16,20H,12-15H2,1-2H3/p+1/t20-/m0/s1. The van der Waals surface area contributed by atoms with Crippen LogP contribution in [0.3, 0.4) is 0 Å². The Morgan fingerprint density at radius 2 is 1.73 bits per heavy atom. The fraction of sp³-hybridized carbons (Fsp3) is 0.381. The first-order valence-corrected chi connectivity index (χ1v) is 9.43. The van der Waals surface area contributed by atoms with Gasteiger partial charge in [-0.25, -0.2) is 4.68 Å². The lowest BCUT2D eigenvalue weighted by Crippen LogP contribution is -3.12. The summed E-state index contributed by atoms with van der Waals surface area (Å²) in [6, 6.07) is 19.5. The third kappa shape index (κ3) is 3.40. The first-order chi connectivity index (χ1) is 12.7. The molecule has 5 heteroatoms. The van der Waals surface area contributed by atoms with Crippen LogP contribution in [0, 0.1) is 5.92 Å². The molecule has 0 aliphatic carbocycles. The van der Waals surface area contributed by atoms with Crippen molar-refractivity contribution in [3.8, 4) is 0 Å². The van der Waals surface area contributed by atoms with Crippen LogP contribution in [0.25, 0.3) is 0 Å². The molecule has 26 heavy (non-hydrogen) atoms. The number of nitrogens with zero attached hydrogens (tertiary/aromatic N) is 4. The van der Waals surface area contributed by atoms with Gasteiger partial charge in [-0.3, -0.25) is 0 Å². The van der Waals surface area contributed by atoms with E-state index < -0.39 is 0 Å². The monoisotopic (exact) mass is 348 g/mol. The van der Waals surface area contributed by atoms with Gasteiger partial charge < -0.3 is 4.90 Å². The van der Waals surface area contributed by atoms with Crippen LogP contribution < -0.4 is 4.90 Å². The lowest BCUT2D eigenvalue weighted by atomic mass is 9.94. The molecule has 2 atom stereocenters. The quantitative estimate of drug-likeness (QED) is 0.768. The Morgan fingerprint density at radius 1 is 1.00 bits per heavy atom. The van der Waals surface area contributed by atoms with Gasteiger partial charge in [0.1, 0.15) is 6.54 Å². The molecular formula is C21H26N5+. The summed E-state index contributed by atoms with van der Waals surface area (Å²) >= 11 is 0. The average Bonchev–Trinajstić information content (AvgIpc) is 3.10. The second-order valence-electron chi connectivity index (χ2n) is 7.51. The molecule has 0 spiro atoms. The molecule has 1 N–H and O–H groups in total. The molecule has 0 radical (unpaired) electrons. The van der Waals surface area contributed by atoms with Gasteiger partial charge in [0.2, 0.25) is 5.82 Å². The van der Waals surface area contributed by atoms with E-state index in [1.165, 1.54) is 16.7 Å². The van der Waals surface area contributed by atoms with E-state index in [-0.39, 0.29) is 0 Å². The summed E-state index contributed by atoms with van der Waals surface area (Å²) in [7, 11) is 0. The second kappa shape index (κ2) is 7.38. The van der Waals surface area contributed by atoms with E-state index in [1.807, 2.05) is 10.7 Å². The van der Waals surface area contributed by atoms with E-state index in [2.05, 4.69) is 77.9 Å². The summed E-state index contributed by atoms with van der Waals surface area (Å²) in [5.41, 5.74) is 4.17. The molecule has 2 heterocycles. The number of nitrogens with one attached hydrogen (secondary N) is 1. The summed E-state index contributed by atoms with van der Waals surface area (Å²) in [5.74, 6) is 1.47. The highest BCUT2D eigenvalue weighted by molar-refractivity contribution is 5.27. The van der Waals surface area contributed by atoms with Gasteiger partial charge in [-0.1, -0.05) is 68.4 Å². The van der Waals surface area contributed by atoms with Crippen molar-refractivity contribution in [1.82, 2.24) is 20.2 Å². The number of aromatic nitrogens is 4. The largest absolute Gasteiger partial charge is 0.322 e. The summed E-state index contributed by atoms with van der Waals surface area (Å²) in [5, 5.41) is 12.8. The van der Waals surface area contributed by atoms with Crippen molar-refractivity contribution in [2.45, 2.75) is 39.4 Å². The van der Waals surface area contributed by atoms with Crippen molar-refractivity contribution in [3.05, 3.63) is 77.1 Å². The van der Waals surface area contributed by atoms with E-state index >= 15 is 0 Å². The molecular weight excluding hydrogens is 322 g/mol. The van der Waals surface area contributed by atoms with Crippen molar-refractivity contribution < 1.29 is 4.90 Å². The lowest BCUT2D eigenvalue weighted by Gasteiger charge is -2.34. The molecule has 0 amide bonds. The summed E-state index contributed by atoms with van der Waals surface area (Å²) in [4.78, 5) is 1.56. The number of benzene rings is 2. The fourth-order valence-electron chi connectivity index (χ4n) is 4.12. The zero-order chi connectivity index (χ0) is 17.9. The average molecular weight is 348 g/mol. The van der Waals surface area contributed by atoms with E-state index in [9.17, 15) is 0 Å². The van der Waals surface area contributed by atoms with Gasteiger partial charge in [0, 0.05) is 17.9 Å². The maximum absolute atomic E-state index is 4.45. The summed E-state index contributed by atoms with van der Waals surface area (Å²) < 4.78 is 1.98. The SMILES string of the molecule is CC(C)[C@@H](c1nnnn1Cc1ccccc1)[NH+]1CCc2ccccc2C1. The predicted octanol–water partition coefficient (Wildman–Crippen LogP) is 2.06. The minimum atomic E-state index is 0.294. The molecule has 1 unspecified atom stereocenters. The molecule has 5 nitrogen and oxygen atoms in total. The van der Waals surface area contributed by atoms with Crippen LogP contribution in [-0.2, 0) is 19.5 Å². The van der Waals surface area contributed by atoms with Gasteiger partial charge in [0.05, 0.1) is 13.1 Å². The van der Waals surface area contributed by atoms with E-state index in [4.69, 9.17) is 0 Å². The molecule has 134 valence electrons. The number of hydrogen-bond donors (Lipinski definition) is 1. The molecule has 0 fully saturated rings. The Kier molecular flexibility index (Phi) is 4.80. The van der Waals surface area contributed by atoms with Crippen molar-refractivity contribution in [2.24, 2.45) is 5.92 Å². The van der Waals surface area contributed by atoms with Crippen LogP contribution in [0.15, 0.2) is 54.6 Å². The van der Waals surface area contributed by atoms with Gasteiger partial charge >= 0.3 is 0 Å². The topological polar surface area (TPSA) is 48.0 Å². The van der Waals surface area contributed by atoms with Gasteiger partial charge in [0.15, 0.2) is 6.04 Å². The highest BCUT2D eigenvalue weighted by Crippen LogP contribution is 2.20. The van der Waals surface area contributed by atoms with E-state index in [0.29, 0.717) is 12.0 Å². The first-order valence-electron chi connectivity index (χ1n) is 9.43. The lowest BCUT2D eigenvalue weighted by molar-refractivity contribution is -0.951. The van der Waals surface area contributed by atoms with Gasteiger partial charge in [0.25, 0.3) is 0 Å². The Hall–Kier alpha value is -2.53. The Balaban J connectivity index is 1.61. The van der Waals surface area contributed by atoms with Crippen molar-refractivity contribution >= 4 is 0 Å². The maximum atomic E-state index is 4.45. The highest BCUT2D eigenvalue weighted by Gasteiger charge is 2.34. The van der Waals surface area contributed by atoms with Crippen molar-refractivity contribution in [2.75, 3.05) is 6.54 Å². The maximum Gasteiger partial charge on any atom is 0.209 e. The Morgan fingerprint density at radius 3 is 2.50 bits per heavy atom. The molecule has 3 aromatic rings. The Labute approximate surface area is 154 Å². The summed E-state index contributed by atoms with van der Waals surface area (Å²) in [6.07, 6.45) is 1.12. The minimum Gasteiger partial charge on any atom is -0.322 e. The smallest absolute Gasteiger partial charge is 0.209 e. The van der Waals surface area contributed by atoms with Crippen LogP contribution in [0.4, 0.5) is 0 Å². The molecule has 0 saturated heterocycles. The van der Waals surface area contributed by atoms with Crippen LogP contribution in [0.2, 0.25) is 0 Å². The van der Waals surface area contributed by atoms with Crippen LogP contribution in [0.5, 0.6) is 0 Å². The van der Waals surface area contributed by atoms with E-state index in [1.54, 1.807) is 4.90 Å². The zero-order valence-corrected chi connectivity index (χ0v) is 15.5. The number of hydrogen-bond acceptors (Lipinski definition) is 3. The number of rotatable bonds is 5. The van der Waals surface area contributed by atoms with Crippen LogP contribution in [0.1, 0.15) is 42.4 Å². The third-order valence-electron chi connectivity index (χ3n) is 5.37. The molecule has 0 saturated carbocycles. The molecule has 0 bridgehead atoms.